The Balaban J connectivity index is 1.44. The first-order chi connectivity index (χ1) is 12.2. The van der Waals surface area contributed by atoms with E-state index >= 15 is 0 Å². The normalized spacial score (nSPS) is 14.9. The number of halogens is 1. The summed E-state index contributed by atoms with van der Waals surface area (Å²) in [5.74, 6) is 0.795. The number of aromatic nitrogens is 3. The van der Waals surface area contributed by atoms with E-state index in [0.717, 1.165) is 24.0 Å². The molecule has 1 aromatic carbocycles. The molecule has 0 saturated heterocycles. The Bertz CT molecular complexity index is 906. The molecule has 1 saturated carbocycles. The monoisotopic (exact) mass is 354 g/mol. The topological polar surface area (TPSA) is 80.9 Å². The Kier molecular flexibility index (Phi) is 3.97. The van der Waals surface area contributed by atoms with E-state index in [0.29, 0.717) is 16.7 Å². The second kappa shape index (κ2) is 6.29. The van der Waals surface area contributed by atoms with Crippen molar-refractivity contribution in [3.63, 3.8) is 0 Å². The lowest BCUT2D eigenvalue weighted by Gasteiger charge is -2.15. The van der Waals surface area contributed by atoms with Crippen molar-refractivity contribution in [2.45, 2.75) is 24.8 Å². The van der Waals surface area contributed by atoms with E-state index in [1.54, 1.807) is 30.6 Å². The Hall–Kier alpha value is -2.73. The van der Waals surface area contributed by atoms with Gasteiger partial charge >= 0.3 is 0 Å². The molecule has 2 heterocycles. The summed E-state index contributed by atoms with van der Waals surface area (Å²) in [5, 5.41) is 7.46. The molecule has 1 fully saturated rings. The smallest absolute Gasteiger partial charge is 0.246 e. The van der Waals surface area contributed by atoms with Gasteiger partial charge in [0.1, 0.15) is 0 Å². The Labute approximate surface area is 149 Å². The molecule has 0 aliphatic heterocycles. The molecular formula is C18H15ClN4O2. The van der Waals surface area contributed by atoms with Crippen LogP contribution in [-0.2, 0) is 16.8 Å². The summed E-state index contributed by atoms with van der Waals surface area (Å²) in [6.45, 7) is 0.194. The second-order valence-electron chi connectivity index (χ2n) is 6.02. The van der Waals surface area contributed by atoms with E-state index in [1.165, 1.54) is 0 Å². The first kappa shape index (κ1) is 15.8. The summed E-state index contributed by atoms with van der Waals surface area (Å²) in [6, 6.07) is 11.0. The number of nitrogens with one attached hydrogen (secondary N) is 1. The zero-order valence-corrected chi connectivity index (χ0v) is 14.0. The maximum Gasteiger partial charge on any atom is 0.246 e. The maximum atomic E-state index is 12.6. The molecule has 1 aliphatic rings. The van der Waals surface area contributed by atoms with E-state index < -0.39 is 5.41 Å². The van der Waals surface area contributed by atoms with E-state index in [9.17, 15) is 4.79 Å². The minimum atomic E-state index is -0.487. The molecule has 6 nitrogen and oxygen atoms in total. The van der Waals surface area contributed by atoms with Crippen LogP contribution in [0.5, 0.6) is 0 Å². The van der Waals surface area contributed by atoms with Crippen molar-refractivity contribution < 1.29 is 9.32 Å². The number of pyridine rings is 1. The fourth-order valence-corrected chi connectivity index (χ4v) is 3.02. The van der Waals surface area contributed by atoms with Gasteiger partial charge in [0.25, 0.3) is 0 Å². The molecule has 1 N–H and O–H groups in total. The van der Waals surface area contributed by atoms with Crippen molar-refractivity contribution in [1.82, 2.24) is 20.4 Å². The number of carbonyl (C=O) groups excluding carboxylic acids is 1. The third-order valence-corrected chi connectivity index (χ3v) is 4.60. The minimum absolute atomic E-state index is 0.0431. The largest absolute Gasteiger partial charge is 0.346 e. The van der Waals surface area contributed by atoms with Gasteiger partial charge < -0.3 is 9.84 Å². The summed E-state index contributed by atoms with van der Waals surface area (Å²) in [6.07, 6.45) is 4.94. The SMILES string of the molecule is O=C(NCc1nc(-c2ccncc2)no1)C1(c2cccc(Cl)c2)CC1. The predicted molar refractivity (Wildman–Crippen MR) is 91.7 cm³/mol. The fourth-order valence-electron chi connectivity index (χ4n) is 2.83. The molecule has 2 aromatic heterocycles. The van der Waals surface area contributed by atoms with Crippen LogP contribution in [0.25, 0.3) is 11.4 Å². The van der Waals surface area contributed by atoms with Crippen molar-refractivity contribution in [2.24, 2.45) is 0 Å². The number of benzene rings is 1. The molecule has 1 amide bonds. The van der Waals surface area contributed by atoms with Crippen LogP contribution in [0.3, 0.4) is 0 Å². The molecule has 0 atom stereocenters. The van der Waals surface area contributed by atoms with Crippen molar-refractivity contribution in [2.75, 3.05) is 0 Å². The Morgan fingerprint density at radius 2 is 2.04 bits per heavy atom. The second-order valence-corrected chi connectivity index (χ2v) is 6.46. The van der Waals surface area contributed by atoms with Crippen LogP contribution in [0.15, 0.2) is 53.3 Å². The van der Waals surface area contributed by atoms with Gasteiger partial charge in [0.15, 0.2) is 0 Å². The summed E-state index contributed by atoms with van der Waals surface area (Å²) in [7, 11) is 0. The van der Waals surface area contributed by atoms with Gasteiger partial charge in [-0.15, -0.1) is 0 Å². The van der Waals surface area contributed by atoms with Crippen LogP contribution in [0, 0.1) is 0 Å². The molecule has 4 rings (SSSR count). The summed E-state index contributed by atoms with van der Waals surface area (Å²) < 4.78 is 5.21. The van der Waals surface area contributed by atoms with Gasteiger partial charge in [0, 0.05) is 23.0 Å². The lowest BCUT2D eigenvalue weighted by atomic mass is 9.95. The molecule has 0 unspecified atom stereocenters. The molecule has 3 aromatic rings. The number of carbonyl (C=O) groups is 1. The highest BCUT2D eigenvalue weighted by molar-refractivity contribution is 6.30. The minimum Gasteiger partial charge on any atom is -0.346 e. The van der Waals surface area contributed by atoms with Gasteiger partial charge in [-0.2, -0.15) is 4.98 Å². The molecule has 0 radical (unpaired) electrons. The summed E-state index contributed by atoms with van der Waals surface area (Å²) in [4.78, 5) is 20.9. The van der Waals surface area contributed by atoms with Crippen LogP contribution in [0.1, 0.15) is 24.3 Å². The molecule has 1 aliphatic carbocycles. The van der Waals surface area contributed by atoms with Gasteiger partial charge in [-0.3, -0.25) is 9.78 Å². The molecule has 126 valence electrons. The average molecular weight is 355 g/mol. The fraction of sp³-hybridized carbons (Fsp3) is 0.222. The number of hydrogen-bond acceptors (Lipinski definition) is 5. The summed E-state index contributed by atoms with van der Waals surface area (Å²) >= 11 is 6.05. The standard InChI is InChI=1S/C18H15ClN4O2/c19-14-3-1-2-13(10-14)18(6-7-18)17(24)21-11-15-22-16(23-25-15)12-4-8-20-9-5-12/h1-5,8-10H,6-7,11H2,(H,21,24). The van der Waals surface area contributed by atoms with Crippen LogP contribution < -0.4 is 5.32 Å². The molecule has 25 heavy (non-hydrogen) atoms. The quantitative estimate of drug-likeness (QED) is 0.761. The van der Waals surface area contributed by atoms with Crippen LogP contribution in [-0.4, -0.2) is 21.0 Å². The Morgan fingerprint density at radius 1 is 1.24 bits per heavy atom. The van der Waals surface area contributed by atoms with Crippen molar-refractivity contribution in [1.29, 1.82) is 0 Å². The van der Waals surface area contributed by atoms with Crippen LogP contribution >= 0.6 is 11.6 Å². The Morgan fingerprint density at radius 3 is 2.76 bits per heavy atom. The van der Waals surface area contributed by atoms with Crippen LogP contribution in [0.4, 0.5) is 0 Å². The highest BCUT2D eigenvalue weighted by Gasteiger charge is 2.51. The third-order valence-electron chi connectivity index (χ3n) is 4.37. The molecule has 0 bridgehead atoms. The number of hydrogen-bond donors (Lipinski definition) is 1. The van der Waals surface area contributed by atoms with E-state index in [2.05, 4.69) is 20.4 Å². The lowest BCUT2D eigenvalue weighted by Crippen LogP contribution is -2.34. The predicted octanol–water partition coefficient (Wildman–Crippen LogP) is 3.13. The highest BCUT2D eigenvalue weighted by atomic mass is 35.5. The van der Waals surface area contributed by atoms with Gasteiger partial charge in [-0.05, 0) is 42.7 Å². The zero-order valence-electron chi connectivity index (χ0n) is 13.3. The van der Waals surface area contributed by atoms with Gasteiger partial charge in [-0.1, -0.05) is 28.9 Å². The first-order valence-electron chi connectivity index (χ1n) is 7.95. The number of nitrogens with zero attached hydrogens (tertiary/aromatic N) is 3. The molecule has 0 spiro atoms. The van der Waals surface area contributed by atoms with Gasteiger partial charge in [0.05, 0.1) is 12.0 Å². The summed E-state index contributed by atoms with van der Waals surface area (Å²) in [5.41, 5.74) is 1.27. The van der Waals surface area contributed by atoms with E-state index in [-0.39, 0.29) is 12.5 Å². The number of rotatable bonds is 5. The molecule has 7 heteroatoms. The maximum absolute atomic E-state index is 12.6. The van der Waals surface area contributed by atoms with Crippen molar-refractivity contribution >= 4 is 17.5 Å². The van der Waals surface area contributed by atoms with Crippen molar-refractivity contribution in [3.05, 3.63) is 65.3 Å². The zero-order chi connectivity index (χ0) is 17.3. The average Bonchev–Trinajstić information content (AvgIpc) is 3.32. The first-order valence-corrected chi connectivity index (χ1v) is 8.32. The van der Waals surface area contributed by atoms with E-state index in [1.807, 2.05) is 18.2 Å². The van der Waals surface area contributed by atoms with Gasteiger partial charge in [-0.25, -0.2) is 0 Å². The van der Waals surface area contributed by atoms with Crippen LogP contribution in [0.2, 0.25) is 5.02 Å². The van der Waals surface area contributed by atoms with E-state index in [4.69, 9.17) is 16.1 Å². The third kappa shape index (κ3) is 3.13. The van der Waals surface area contributed by atoms with Gasteiger partial charge in [0.2, 0.25) is 17.6 Å². The van der Waals surface area contributed by atoms with Crippen molar-refractivity contribution in [3.8, 4) is 11.4 Å². The molecular weight excluding hydrogens is 340 g/mol. The highest BCUT2D eigenvalue weighted by Crippen LogP contribution is 2.48. The number of amides is 1. The lowest BCUT2D eigenvalue weighted by molar-refractivity contribution is -0.123.